The average molecular weight is 300 g/mol. The molecule has 0 aliphatic heterocycles. The number of rotatable bonds is 4. The van der Waals surface area contributed by atoms with E-state index in [4.69, 9.17) is 5.11 Å². The molecule has 0 aliphatic carbocycles. The van der Waals surface area contributed by atoms with Crippen LogP contribution in [0.2, 0.25) is 0 Å². The van der Waals surface area contributed by atoms with Crippen LogP contribution < -0.4 is 5.43 Å². The number of carboxylic acids is 1. The fraction of sp³-hybridized carbons (Fsp3) is 0. The van der Waals surface area contributed by atoms with Crippen LogP contribution in [0.1, 0.15) is 26.3 Å². The van der Waals surface area contributed by atoms with Crippen molar-refractivity contribution >= 4 is 18.1 Å². The number of carboxylic acid groups (broad SMARTS) is 1. The zero-order valence-electron chi connectivity index (χ0n) is 11.2. The second kappa shape index (κ2) is 6.40. The van der Waals surface area contributed by atoms with Crippen molar-refractivity contribution in [2.45, 2.75) is 0 Å². The predicted octanol–water partition coefficient (Wildman–Crippen LogP) is 1.56. The molecule has 0 radical (unpaired) electrons. The van der Waals surface area contributed by atoms with Gasteiger partial charge in [-0.05, 0) is 24.3 Å². The predicted molar refractivity (Wildman–Crippen MR) is 78.2 cm³/mol. The molecule has 4 N–H and O–H groups in total. The minimum absolute atomic E-state index is 0.0446. The molecule has 1 amide bonds. The summed E-state index contributed by atoms with van der Waals surface area (Å²) in [5, 5.41) is 31.8. The van der Waals surface area contributed by atoms with Crippen molar-refractivity contribution < 1.29 is 24.9 Å². The standard InChI is InChI=1S/C15H12N2O5/c18-12-7-2-1-5-10(12)14(20)17-16-8-9-4-3-6-11(13(9)19)15(21)22/h1-8,18-19H,(H,17,20)(H,21,22)/b16-8+. The number of hydrazone groups is 1. The molecule has 0 aromatic heterocycles. The van der Waals surface area contributed by atoms with Crippen molar-refractivity contribution in [3.63, 3.8) is 0 Å². The maximum atomic E-state index is 11.8. The highest BCUT2D eigenvalue weighted by Gasteiger charge is 2.12. The van der Waals surface area contributed by atoms with Gasteiger partial charge in [0.2, 0.25) is 0 Å². The Bertz CT molecular complexity index is 755. The second-order valence-electron chi connectivity index (χ2n) is 4.26. The fourth-order valence-electron chi connectivity index (χ4n) is 1.72. The van der Waals surface area contributed by atoms with Gasteiger partial charge in [-0.3, -0.25) is 4.79 Å². The van der Waals surface area contributed by atoms with Crippen LogP contribution in [0.5, 0.6) is 11.5 Å². The maximum Gasteiger partial charge on any atom is 0.339 e. The molecule has 0 bridgehead atoms. The number of nitrogens with zero attached hydrogens (tertiary/aromatic N) is 1. The van der Waals surface area contributed by atoms with Gasteiger partial charge < -0.3 is 15.3 Å². The van der Waals surface area contributed by atoms with Crippen LogP contribution in [-0.2, 0) is 0 Å². The molecule has 0 aliphatic rings. The van der Waals surface area contributed by atoms with Crippen LogP contribution in [0, 0.1) is 0 Å². The number of aromatic hydroxyl groups is 2. The quantitative estimate of drug-likeness (QED) is 0.504. The molecule has 7 heteroatoms. The molecular weight excluding hydrogens is 288 g/mol. The van der Waals surface area contributed by atoms with Gasteiger partial charge in [-0.15, -0.1) is 0 Å². The van der Waals surface area contributed by atoms with Crippen LogP contribution in [0.4, 0.5) is 0 Å². The number of hydrogen-bond donors (Lipinski definition) is 4. The number of phenolic OH excluding ortho intramolecular Hbond substituents is 1. The fourth-order valence-corrected chi connectivity index (χ4v) is 1.72. The second-order valence-corrected chi connectivity index (χ2v) is 4.26. The minimum atomic E-state index is -1.27. The monoisotopic (exact) mass is 300 g/mol. The summed E-state index contributed by atoms with van der Waals surface area (Å²) >= 11 is 0. The summed E-state index contributed by atoms with van der Waals surface area (Å²) in [6, 6.07) is 10.1. The summed E-state index contributed by atoms with van der Waals surface area (Å²) in [5.74, 6) is -2.55. The molecule has 0 fully saturated rings. The number of carbonyl (C=O) groups excluding carboxylic acids is 1. The molecule has 0 saturated heterocycles. The molecule has 2 rings (SSSR count). The first-order valence-electron chi connectivity index (χ1n) is 6.17. The minimum Gasteiger partial charge on any atom is -0.507 e. The first-order chi connectivity index (χ1) is 10.5. The van der Waals surface area contributed by atoms with Crippen molar-refractivity contribution in [3.8, 4) is 11.5 Å². The highest BCUT2D eigenvalue weighted by molar-refractivity contribution is 5.98. The largest absolute Gasteiger partial charge is 0.507 e. The number of carbonyl (C=O) groups is 2. The van der Waals surface area contributed by atoms with Crippen LogP contribution in [0.3, 0.4) is 0 Å². The van der Waals surface area contributed by atoms with E-state index in [1.807, 2.05) is 0 Å². The van der Waals surface area contributed by atoms with Gasteiger partial charge in [-0.25, -0.2) is 10.2 Å². The smallest absolute Gasteiger partial charge is 0.339 e. The van der Waals surface area contributed by atoms with Crippen molar-refractivity contribution in [3.05, 3.63) is 59.2 Å². The topological polar surface area (TPSA) is 119 Å². The molecule has 0 unspecified atom stereocenters. The molecule has 2 aromatic rings. The molecule has 0 spiro atoms. The van der Waals surface area contributed by atoms with Crippen molar-refractivity contribution in [2.24, 2.45) is 5.10 Å². The van der Waals surface area contributed by atoms with E-state index in [0.29, 0.717) is 0 Å². The van der Waals surface area contributed by atoms with Crippen LogP contribution >= 0.6 is 0 Å². The third kappa shape index (κ3) is 3.21. The summed E-state index contributed by atoms with van der Waals surface area (Å²) in [6.45, 7) is 0. The van der Waals surface area contributed by atoms with E-state index >= 15 is 0 Å². The van der Waals surface area contributed by atoms with E-state index in [0.717, 1.165) is 6.21 Å². The van der Waals surface area contributed by atoms with Gasteiger partial charge >= 0.3 is 5.97 Å². The van der Waals surface area contributed by atoms with E-state index in [1.54, 1.807) is 12.1 Å². The van der Waals surface area contributed by atoms with Crippen molar-refractivity contribution in [1.82, 2.24) is 5.43 Å². The number of hydrogen-bond acceptors (Lipinski definition) is 5. The molecule has 0 saturated carbocycles. The highest BCUT2D eigenvalue weighted by atomic mass is 16.4. The van der Waals surface area contributed by atoms with Gasteiger partial charge in [0.15, 0.2) is 0 Å². The van der Waals surface area contributed by atoms with E-state index in [2.05, 4.69) is 10.5 Å². The van der Waals surface area contributed by atoms with Crippen LogP contribution in [0.25, 0.3) is 0 Å². The van der Waals surface area contributed by atoms with Gasteiger partial charge in [-0.1, -0.05) is 18.2 Å². The zero-order valence-corrected chi connectivity index (χ0v) is 11.2. The normalized spacial score (nSPS) is 10.5. The van der Waals surface area contributed by atoms with E-state index in [9.17, 15) is 19.8 Å². The molecule has 0 heterocycles. The van der Waals surface area contributed by atoms with Gasteiger partial charge in [0.05, 0.1) is 11.8 Å². The SMILES string of the molecule is O=C(N/N=C/c1cccc(C(=O)O)c1O)c1ccccc1O. The summed E-state index contributed by atoms with van der Waals surface area (Å²) in [6.07, 6.45) is 1.11. The van der Waals surface area contributed by atoms with Crippen molar-refractivity contribution in [1.29, 1.82) is 0 Å². The molecule has 112 valence electrons. The number of para-hydroxylation sites is 2. The Labute approximate surface area is 125 Å². The maximum absolute atomic E-state index is 11.8. The highest BCUT2D eigenvalue weighted by Crippen LogP contribution is 2.20. The lowest BCUT2D eigenvalue weighted by Crippen LogP contribution is -2.17. The number of benzene rings is 2. The number of phenols is 2. The third-order valence-electron chi connectivity index (χ3n) is 2.82. The first kappa shape index (κ1) is 15.0. The molecule has 0 atom stereocenters. The van der Waals surface area contributed by atoms with Gasteiger partial charge in [-0.2, -0.15) is 5.10 Å². The summed E-state index contributed by atoms with van der Waals surface area (Å²) in [4.78, 5) is 22.7. The van der Waals surface area contributed by atoms with E-state index in [1.165, 1.54) is 30.3 Å². The third-order valence-corrected chi connectivity index (χ3v) is 2.82. The summed E-state index contributed by atoms with van der Waals surface area (Å²) < 4.78 is 0. The molecule has 22 heavy (non-hydrogen) atoms. The Hall–Kier alpha value is -3.35. The Morgan fingerprint density at radius 2 is 1.68 bits per heavy atom. The molecule has 2 aromatic carbocycles. The molecular formula is C15H12N2O5. The zero-order chi connectivity index (χ0) is 16.1. The van der Waals surface area contributed by atoms with Crippen LogP contribution in [0.15, 0.2) is 47.6 Å². The average Bonchev–Trinajstić information content (AvgIpc) is 2.49. The Balaban J connectivity index is 2.14. The van der Waals surface area contributed by atoms with E-state index in [-0.39, 0.29) is 22.4 Å². The number of aromatic carboxylic acids is 1. The number of amides is 1. The van der Waals surface area contributed by atoms with Crippen LogP contribution in [-0.4, -0.2) is 33.4 Å². The Kier molecular flexibility index (Phi) is 4.38. The lowest BCUT2D eigenvalue weighted by molar-refractivity contribution is 0.0693. The van der Waals surface area contributed by atoms with Crippen molar-refractivity contribution in [2.75, 3.05) is 0 Å². The number of nitrogens with one attached hydrogen (secondary N) is 1. The molecule has 7 nitrogen and oxygen atoms in total. The Morgan fingerprint density at radius 1 is 1.00 bits per heavy atom. The van der Waals surface area contributed by atoms with Gasteiger partial charge in [0.25, 0.3) is 5.91 Å². The van der Waals surface area contributed by atoms with Gasteiger partial charge in [0.1, 0.15) is 17.1 Å². The summed E-state index contributed by atoms with van der Waals surface area (Å²) in [7, 11) is 0. The Morgan fingerprint density at radius 3 is 2.36 bits per heavy atom. The van der Waals surface area contributed by atoms with Gasteiger partial charge in [0, 0.05) is 5.56 Å². The lowest BCUT2D eigenvalue weighted by Gasteiger charge is -2.04. The van der Waals surface area contributed by atoms with E-state index < -0.39 is 17.6 Å². The summed E-state index contributed by atoms with van der Waals surface area (Å²) in [5.41, 5.74) is 2.09. The first-order valence-corrected chi connectivity index (χ1v) is 6.17. The lowest BCUT2D eigenvalue weighted by atomic mass is 10.1.